The van der Waals surface area contributed by atoms with E-state index in [0.29, 0.717) is 11.3 Å². The Balaban J connectivity index is 2.06. The minimum atomic E-state index is -3.04. The zero-order chi connectivity index (χ0) is 19.7. The molecule has 1 aromatic carbocycles. The second-order valence-electron chi connectivity index (χ2n) is 6.26. The van der Waals surface area contributed by atoms with Crippen molar-refractivity contribution in [3.8, 4) is 11.5 Å². The minimum Gasteiger partial charge on any atom is -0.493 e. The lowest BCUT2D eigenvalue weighted by Gasteiger charge is -2.35. The van der Waals surface area contributed by atoms with Gasteiger partial charge in [0.25, 0.3) is 0 Å². The third-order valence-electron chi connectivity index (χ3n) is 4.58. The highest BCUT2D eigenvalue weighted by molar-refractivity contribution is 5.95. The smallest absolute Gasteiger partial charge is 0.387 e. The minimum absolute atomic E-state index is 0.0548. The van der Waals surface area contributed by atoms with E-state index in [0.717, 1.165) is 12.8 Å². The van der Waals surface area contributed by atoms with E-state index in [2.05, 4.69) is 10.1 Å². The third kappa shape index (κ3) is 3.67. The summed E-state index contributed by atoms with van der Waals surface area (Å²) in [6.45, 7) is -1.37. The number of rotatable bonds is 6. The fraction of sp³-hybridized carbons (Fsp3) is 0.444. The topological polar surface area (TPSA) is 77.1 Å². The van der Waals surface area contributed by atoms with Crippen LogP contribution in [0.15, 0.2) is 29.5 Å². The van der Waals surface area contributed by atoms with Crippen molar-refractivity contribution in [3.05, 3.63) is 35.0 Å². The van der Waals surface area contributed by atoms with Gasteiger partial charge in [0, 0.05) is 11.7 Å². The summed E-state index contributed by atoms with van der Waals surface area (Å²) in [6.07, 6.45) is 1.72. The number of benzene rings is 1. The van der Waals surface area contributed by atoms with Crippen LogP contribution in [0.1, 0.15) is 31.4 Å². The van der Waals surface area contributed by atoms with Gasteiger partial charge in [0.1, 0.15) is 0 Å². The summed E-state index contributed by atoms with van der Waals surface area (Å²) in [6, 6.07) is 3.19. The maximum atomic E-state index is 12.7. The molecule has 1 saturated carbocycles. The number of carbonyl (C=O) groups excluding carboxylic acids is 2. The van der Waals surface area contributed by atoms with Crippen molar-refractivity contribution in [1.29, 1.82) is 0 Å². The van der Waals surface area contributed by atoms with Gasteiger partial charge in [-0.15, -0.1) is 0 Å². The van der Waals surface area contributed by atoms with Crippen molar-refractivity contribution in [3.63, 3.8) is 0 Å². The molecule has 0 radical (unpaired) electrons. The van der Waals surface area contributed by atoms with E-state index in [-0.39, 0.29) is 29.1 Å². The number of methoxy groups -OCH3 is 2. The molecule has 0 aromatic heterocycles. The van der Waals surface area contributed by atoms with Crippen molar-refractivity contribution >= 4 is 12.0 Å². The monoisotopic (exact) mass is 382 g/mol. The molecule has 7 nitrogen and oxygen atoms in total. The van der Waals surface area contributed by atoms with Crippen LogP contribution in [0.2, 0.25) is 0 Å². The quantitative estimate of drug-likeness (QED) is 0.766. The number of amides is 2. The molecule has 1 N–H and O–H groups in total. The predicted octanol–water partition coefficient (Wildman–Crippen LogP) is 2.97. The molecule has 146 valence electrons. The first-order valence-electron chi connectivity index (χ1n) is 8.39. The van der Waals surface area contributed by atoms with Gasteiger partial charge in [0.05, 0.1) is 25.8 Å². The Labute approximate surface area is 154 Å². The van der Waals surface area contributed by atoms with Crippen LogP contribution in [0.5, 0.6) is 11.5 Å². The Morgan fingerprint density at radius 1 is 1.26 bits per heavy atom. The number of alkyl halides is 2. The molecule has 9 heteroatoms. The molecule has 3 rings (SSSR count). The Kier molecular flexibility index (Phi) is 5.20. The summed E-state index contributed by atoms with van der Waals surface area (Å²) in [4.78, 5) is 26.5. The highest BCUT2D eigenvalue weighted by Gasteiger charge is 2.42. The van der Waals surface area contributed by atoms with Crippen molar-refractivity contribution < 1.29 is 32.6 Å². The summed E-state index contributed by atoms with van der Waals surface area (Å²) >= 11 is 0. The van der Waals surface area contributed by atoms with E-state index in [1.807, 2.05) is 0 Å². The zero-order valence-corrected chi connectivity index (χ0v) is 15.1. The molecule has 1 aliphatic carbocycles. The first-order chi connectivity index (χ1) is 12.9. The van der Waals surface area contributed by atoms with Crippen LogP contribution in [-0.4, -0.2) is 43.8 Å². The number of ether oxygens (including phenoxy) is 3. The average molecular weight is 382 g/mol. The summed E-state index contributed by atoms with van der Waals surface area (Å²) in [5.74, 6) is -0.679. The van der Waals surface area contributed by atoms with Gasteiger partial charge in [-0.05, 0) is 37.5 Å². The van der Waals surface area contributed by atoms with Gasteiger partial charge in [-0.1, -0.05) is 6.07 Å². The van der Waals surface area contributed by atoms with Crippen LogP contribution >= 0.6 is 0 Å². The van der Waals surface area contributed by atoms with Gasteiger partial charge in [0.15, 0.2) is 11.5 Å². The van der Waals surface area contributed by atoms with E-state index in [4.69, 9.17) is 9.47 Å². The summed E-state index contributed by atoms with van der Waals surface area (Å²) in [5.41, 5.74) is 1.14. The molecular weight excluding hydrogens is 362 g/mol. The predicted molar refractivity (Wildman–Crippen MR) is 90.5 cm³/mol. The highest BCUT2D eigenvalue weighted by Crippen LogP contribution is 2.40. The highest BCUT2D eigenvalue weighted by atomic mass is 19.3. The van der Waals surface area contributed by atoms with Gasteiger partial charge in [-0.3, -0.25) is 4.90 Å². The lowest BCUT2D eigenvalue weighted by atomic mass is 9.94. The van der Waals surface area contributed by atoms with Crippen LogP contribution in [-0.2, 0) is 9.53 Å². The molecule has 0 unspecified atom stereocenters. The van der Waals surface area contributed by atoms with E-state index in [1.54, 1.807) is 17.9 Å². The van der Waals surface area contributed by atoms with Crippen LogP contribution in [0.4, 0.5) is 13.6 Å². The molecule has 0 saturated heterocycles. The maximum Gasteiger partial charge on any atom is 0.387 e. The second-order valence-corrected chi connectivity index (χ2v) is 6.26. The SMILES string of the molecule is COC(=O)C1=C(C)N(C2CC2)C(=O)N[C@H]1c1ccc(OC)c(OC(F)F)c1. The molecular formula is C18H20F2N2O5. The Bertz CT molecular complexity index is 792. The van der Waals surface area contributed by atoms with Gasteiger partial charge in [0.2, 0.25) is 0 Å². The van der Waals surface area contributed by atoms with Crippen molar-refractivity contribution in [2.24, 2.45) is 0 Å². The second kappa shape index (κ2) is 7.42. The molecule has 0 bridgehead atoms. The van der Waals surface area contributed by atoms with Crippen LogP contribution in [0, 0.1) is 0 Å². The van der Waals surface area contributed by atoms with Gasteiger partial charge in [-0.25, -0.2) is 9.59 Å². The summed E-state index contributed by atoms with van der Waals surface area (Å²) < 4.78 is 39.8. The Hall–Kier alpha value is -2.84. The first-order valence-corrected chi connectivity index (χ1v) is 8.39. The molecule has 2 aliphatic rings. The van der Waals surface area contributed by atoms with Gasteiger partial charge >= 0.3 is 18.6 Å². The summed E-state index contributed by atoms with van der Waals surface area (Å²) in [7, 11) is 2.57. The Morgan fingerprint density at radius 3 is 2.52 bits per heavy atom. The number of carbonyl (C=O) groups is 2. The maximum absolute atomic E-state index is 12.7. The fourth-order valence-electron chi connectivity index (χ4n) is 3.22. The van der Waals surface area contributed by atoms with E-state index >= 15 is 0 Å². The van der Waals surface area contributed by atoms with Crippen molar-refractivity contribution in [2.45, 2.75) is 38.5 Å². The van der Waals surface area contributed by atoms with Crippen molar-refractivity contribution in [2.75, 3.05) is 14.2 Å². The number of halogens is 2. The molecule has 1 atom stereocenters. The van der Waals surface area contributed by atoms with Gasteiger partial charge in [-0.2, -0.15) is 8.78 Å². The normalized spacial score (nSPS) is 19.9. The van der Waals surface area contributed by atoms with Crippen LogP contribution < -0.4 is 14.8 Å². The largest absolute Gasteiger partial charge is 0.493 e. The lowest BCUT2D eigenvalue weighted by Crippen LogP contribution is -2.48. The number of urea groups is 1. The van der Waals surface area contributed by atoms with E-state index < -0.39 is 18.6 Å². The van der Waals surface area contributed by atoms with E-state index in [9.17, 15) is 18.4 Å². The number of hydrogen-bond acceptors (Lipinski definition) is 5. The Morgan fingerprint density at radius 2 is 1.96 bits per heavy atom. The van der Waals surface area contributed by atoms with Crippen LogP contribution in [0.25, 0.3) is 0 Å². The molecule has 1 aliphatic heterocycles. The third-order valence-corrected chi connectivity index (χ3v) is 4.58. The number of esters is 1. The number of allylic oxidation sites excluding steroid dienone is 1. The number of nitrogens with one attached hydrogen (secondary N) is 1. The summed E-state index contributed by atoms with van der Waals surface area (Å²) in [5, 5.41) is 2.76. The molecule has 2 amide bonds. The fourth-order valence-corrected chi connectivity index (χ4v) is 3.22. The van der Waals surface area contributed by atoms with E-state index in [1.165, 1.54) is 26.4 Å². The van der Waals surface area contributed by atoms with Gasteiger partial charge < -0.3 is 19.5 Å². The first kappa shape index (κ1) is 18.9. The lowest BCUT2D eigenvalue weighted by molar-refractivity contribution is -0.136. The number of nitrogens with zero attached hydrogens (tertiary/aromatic N) is 1. The molecule has 0 spiro atoms. The molecule has 1 aromatic rings. The molecule has 1 fully saturated rings. The van der Waals surface area contributed by atoms with Crippen LogP contribution in [0.3, 0.4) is 0 Å². The molecule has 1 heterocycles. The number of hydrogen-bond donors (Lipinski definition) is 1. The standard InChI is InChI=1S/C18H20F2N2O5/c1-9-14(16(23)26-3)15(21-18(24)22(9)11-5-6-11)10-4-7-12(25-2)13(8-10)27-17(19)20/h4,7-8,11,15,17H,5-6H2,1-3H3,(H,21,24)/t15-/m0/s1. The molecule has 27 heavy (non-hydrogen) atoms. The zero-order valence-electron chi connectivity index (χ0n) is 15.1. The average Bonchev–Trinajstić information content (AvgIpc) is 3.45. The van der Waals surface area contributed by atoms with Crippen molar-refractivity contribution in [1.82, 2.24) is 10.2 Å².